The van der Waals surface area contributed by atoms with Gasteiger partial charge in [0.15, 0.2) is 0 Å². The van der Waals surface area contributed by atoms with E-state index in [0.29, 0.717) is 24.2 Å². The Balaban J connectivity index is 1.64. The Morgan fingerprint density at radius 2 is 1.67 bits per heavy atom. The molecule has 0 N–H and O–H groups in total. The summed E-state index contributed by atoms with van der Waals surface area (Å²) in [4.78, 5) is 25.2. The highest BCUT2D eigenvalue weighted by molar-refractivity contribution is 6.07. The highest BCUT2D eigenvalue weighted by Gasteiger charge is 2.27. The molecule has 0 fully saturated rings. The van der Waals surface area contributed by atoms with Crippen molar-refractivity contribution in [2.45, 2.75) is 20.3 Å². The van der Waals surface area contributed by atoms with E-state index in [2.05, 4.69) is 16.7 Å². The summed E-state index contributed by atoms with van der Waals surface area (Å²) in [6, 6.07) is 16.3. The molecule has 0 spiro atoms. The Morgan fingerprint density at radius 1 is 1.00 bits per heavy atom. The lowest BCUT2D eigenvalue weighted by atomic mass is 10.1. The predicted octanol–water partition coefficient (Wildman–Crippen LogP) is 4.21. The van der Waals surface area contributed by atoms with Crippen LogP contribution < -0.4 is 4.90 Å². The van der Waals surface area contributed by atoms with Gasteiger partial charge in [-0.25, -0.2) is 0 Å². The van der Waals surface area contributed by atoms with E-state index in [1.54, 1.807) is 11.0 Å². The second-order valence-corrected chi connectivity index (χ2v) is 6.78. The van der Waals surface area contributed by atoms with Crippen LogP contribution in [0.2, 0.25) is 0 Å². The molecule has 2 heterocycles. The third-order valence-corrected chi connectivity index (χ3v) is 5.06. The summed E-state index contributed by atoms with van der Waals surface area (Å²) in [7, 11) is 0. The first-order valence-electron chi connectivity index (χ1n) is 8.80. The molecule has 0 bridgehead atoms. The number of carbonyl (C=O) groups excluding carboxylic acids is 1. The van der Waals surface area contributed by atoms with Crippen LogP contribution in [0.1, 0.15) is 27.3 Å². The van der Waals surface area contributed by atoms with Gasteiger partial charge in [0.25, 0.3) is 11.6 Å². The summed E-state index contributed by atoms with van der Waals surface area (Å²) < 4.78 is 2.13. The van der Waals surface area contributed by atoms with Crippen molar-refractivity contribution in [1.29, 1.82) is 0 Å². The second kappa shape index (κ2) is 6.39. The number of nitrogens with zero attached hydrogens (tertiary/aromatic N) is 3. The van der Waals surface area contributed by atoms with Crippen LogP contribution in [0.25, 0.3) is 5.69 Å². The molecule has 0 aliphatic carbocycles. The minimum Gasteiger partial charge on any atom is -0.319 e. The first-order chi connectivity index (χ1) is 13.0. The molecule has 136 valence electrons. The fourth-order valence-electron chi connectivity index (χ4n) is 3.68. The number of rotatable bonds is 3. The van der Waals surface area contributed by atoms with Crippen LogP contribution in [0, 0.1) is 24.0 Å². The first kappa shape index (κ1) is 17.0. The summed E-state index contributed by atoms with van der Waals surface area (Å²) in [6.45, 7) is 4.62. The molecule has 1 amide bonds. The number of fused-ring (bicyclic) bond motifs is 1. The van der Waals surface area contributed by atoms with Crippen LogP contribution in [-0.4, -0.2) is 21.9 Å². The van der Waals surface area contributed by atoms with Crippen molar-refractivity contribution in [3.8, 4) is 5.69 Å². The molecule has 0 saturated heterocycles. The number of aryl methyl sites for hydroxylation is 2. The zero-order chi connectivity index (χ0) is 19.1. The Kier molecular flexibility index (Phi) is 4.03. The van der Waals surface area contributed by atoms with Crippen LogP contribution >= 0.6 is 0 Å². The van der Waals surface area contributed by atoms with E-state index in [-0.39, 0.29) is 11.6 Å². The maximum atomic E-state index is 13.0. The van der Waals surface area contributed by atoms with Gasteiger partial charge in [-0.05, 0) is 62.2 Å². The van der Waals surface area contributed by atoms with Gasteiger partial charge in [0.1, 0.15) is 0 Å². The van der Waals surface area contributed by atoms with Crippen molar-refractivity contribution >= 4 is 17.3 Å². The molecule has 2 aromatic carbocycles. The number of aromatic nitrogens is 1. The van der Waals surface area contributed by atoms with Crippen molar-refractivity contribution in [3.05, 3.63) is 87.2 Å². The summed E-state index contributed by atoms with van der Waals surface area (Å²) >= 11 is 0. The lowest BCUT2D eigenvalue weighted by Gasteiger charge is -2.18. The lowest BCUT2D eigenvalue weighted by molar-refractivity contribution is -0.384. The van der Waals surface area contributed by atoms with E-state index >= 15 is 0 Å². The first-order valence-corrected chi connectivity index (χ1v) is 8.80. The van der Waals surface area contributed by atoms with Crippen molar-refractivity contribution in [1.82, 2.24) is 4.57 Å². The van der Waals surface area contributed by atoms with Crippen LogP contribution in [-0.2, 0) is 6.42 Å². The Bertz CT molecular complexity index is 1030. The predicted molar refractivity (Wildman–Crippen MR) is 104 cm³/mol. The van der Waals surface area contributed by atoms with Gasteiger partial charge in [-0.1, -0.05) is 6.07 Å². The normalized spacial score (nSPS) is 12.9. The van der Waals surface area contributed by atoms with Crippen molar-refractivity contribution in [3.63, 3.8) is 0 Å². The number of benzene rings is 2. The summed E-state index contributed by atoms with van der Waals surface area (Å²) in [5.41, 5.74) is 5.44. The van der Waals surface area contributed by atoms with Crippen LogP contribution in [0.4, 0.5) is 11.4 Å². The van der Waals surface area contributed by atoms with Crippen LogP contribution in [0.15, 0.2) is 54.6 Å². The van der Waals surface area contributed by atoms with E-state index in [9.17, 15) is 14.9 Å². The topological polar surface area (TPSA) is 68.4 Å². The monoisotopic (exact) mass is 361 g/mol. The van der Waals surface area contributed by atoms with Crippen molar-refractivity contribution in [2.75, 3.05) is 11.4 Å². The third kappa shape index (κ3) is 2.89. The molecule has 0 saturated carbocycles. The van der Waals surface area contributed by atoms with E-state index < -0.39 is 4.92 Å². The quantitative estimate of drug-likeness (QED) is 0.518. The zero-order valence-corrected chi connectivity index (χ0v) is 15.2. The Labute approximate surface area is 156 Å². The molecule has 27 heavy (non-hydrogen) atoms. The molecular formula is C21H19N3O3. The molecule has 1 aromatic heterocycles. The molecule has 6 heteroatoms. The van der Waals surface area contributed by atoms with Crippen molar-refractivity contribution in [2.24, 2.45) is 0 Å². The number of anilines is 1. The van der Waals surface area contributed by atoms with E-state index in [1.807, 2.05) is 38.1 Å². The van der Waals surface area contributed by atoms with E-state index in [1.165, 1.54) is 12.1 Å². The molecule has 1 aliphatic rings. The number of hydrogen-bond donors (Lipinski definition) is 0. The highest BCUT2D eigenvalue weighted by Crippen LogP contribution is 2.32. The van der Waals surface area contributed by atoms with Gasteiger partial charge >= 0.3 is 0 Å². The average molecular weight is 361 g/mol. The molecular weight excluding hydrogens is 342 g/mol. The fourth-order valence-corrected chi connectivity index (χ4v) is 3.68. The Hall–Kier alpha value is -3.41. The van der Waals surface area contributed by atoms with Crippen LogP contribution in [0.3, 0.4) is 0 Å². The average Bonchev–Trinajstić information content (AvgIpc) is 3.24. The van der Waals surface area contributed by atoms with Crippen molar-refractivity contribution < 1.29 is 9.72 Å². The Morgan fingerprint density at radius 3 is 2.30 bits per heavy atom. The van der Waals surface area contributed by atoms with Gasteiger partial charge in [0, 0.05) is 41.3 Å². The van der Waals surface area contributed by atoms with Gasteiger partial charge < -0.3 is 9.47 Å². The van der Waals surface area contributed by atoms with Gasteiger partial charge in [0.05, 0.1) is 10.6 Å². The number of carbonyl (C=O) groups is 1. The molecule has 3 aromatic rings. The summed E-state index contributed by atoms with van der Waals surface area (Å²) in [6.07, 6.45) is 0.707. The van der Waals surface area contributed by atoms with E-state index in [4.69, 9.17) is 0 Å². The number of non-ortho nitro benzene ring substituents is 1. The summed E-state index contributed by atoms with van der Waals surface area (Å²) in [5, 5.41) is 11.1. The molecule has 0 radical (unpaired) electrons. The molecule has 1 aliphatic heterocycles. The molecule has 0 unspecified atom stereocenters. The minimum atomic E-state index is -0.433. The second-order valence-electron chi connectivity index (χ2n) is 6.78. The number of amides is 1. The molecule has 6 nitrogen and oxygen atoms in total. The third-order valence-electron chi connectivity index (χ3n) is 5.06. The maximum Gasteiger partial charge on any atom is 0.271 e. The fraction of sp³-hybridized carbons (Fsp3) is 0.190. The van der Waals surface area contributed by atoms with Gasteiger partial charge in [-0.2, -0.15) is 0 Å². The standard InChI is InChI=1S/C21H19N3O3/c1-14-3-4-15(2)23(14)18-8-6-17(7-9-18)21(25)22-12-11-16-5-10-19(24(26)27)13-20(16)22/h3-10,13H,11-12H2,1-2H3. The largest absolute Gasteiger partial charge is 0.319 e. The SMILES string of the molecule is Cc1ccc(C)n1-c1ccc(C(=O)N2CCc3ccc([N+](=O)[O-])cc32)cc1. The van der Waals surface area contributed by atoms with Gasteiger partial charge in [-0.3, -0.25) is 14.9 Å². The summed E-state index contributed by atoms with van der Waals surface area (Å²) in [5.74, 6) is -0.137. The number of hydrogen-bond acceptors (Lipinski definition) is 3. The van der Waals surface area contributed by atoms with E-state index in [0.717, 1.165) is 22.6 Å². The van der Waals surface area contributed by atoms with Gasteiger partial charge in [0.2, 0.25) is 0 Å². The highest BCUT2D eigenvalue weighted by atomic mass is 16.6. The zero-order valence-electron chi connectivity index (χ0n) is 15.2. The minimum absolute atomic E-state index is 0.00218. The molecule has 0 atom stereocenters. The maximum absolute atomic E-state index is 13.0. The van der Waals surface area contributed by atoms with Gasteiger partial charge in [-0.15, -0.1) is 0 Å². The number of nitro benzene ring substituents is 1. The smallest absolute Gasteiger partial charge is 0.271 e. The number of nitro groups is 1. The lowest BCUT2D eigenvalue weighted by Crippen LogP contribution is -2.28. The van der Waals surface area contributed by atoms with Crippen LogP contribution in [0.5, 0.6) is 0 Å². The molecule has 4 rings (SSSR count).